The summed E-state index contributed by atoms with van der Waals surface area (Å²) in [7, 11) is 1.70. The van der Waals surface area contributed by atoms with Crippen molar-refractivity contribution in [1.82, 2.24) is 10.6 Å². The van der Waals surface area contributed by atoms with Crippen LogP contribution in [0.1, 0.15) is 26.2 Å². The maximum absolute atomic E-state index is 5.73. The fraction of sp³-hybridized carbons (Fsp3) is 0.933. The van der Waals surface area contributed by atoms with E-state index in [9.17, 15) is 0 Å². The molecule has 0 spiro atoms. The minimum Gasteiger partial charge on any atom is -0.383 e. The molecule has 0 aliphatic carbocycles. The van der Waals surface area contributed by atoms with Crippen molar-refractivity contribution in [3.05, 3.63) is 0 Å². The van der Waals surface area contributed by atoms with E-state index in [1.54, 1.807) is 7.11 Å². The molecule has 1 rings (SSSR count). The number of nitrogens with one attached hydrogen (secondary N) is 2. The van der Waals surface area contributed by atoms with Gasteiger partial charge in [0.25, 0.3) is 0 Å². The van der Waals surface area contributed by atoms with Crippen molar-refractivity contribution in [3.8, 4) is 0 Å². The second-order valence-electron chi connectivity index (χ2n) is 5.16. The third-order valence-electron chi connectivity index (χ3n) is 3.35. The number of hydrogen-bond donors (Lipinski definition) is 2. The summed E-state index contributed by atoms with van der Waals surface area (Å²) >= 11 is 0. The summed E-state index contributed by atoms with van der Waals surface area (Å²) in [5.41, 5.74) is 0. The first kappa shape index (κ1) is 18.2. The first-order chi connectivity index (χ1) is 10.4. The summed E-state index contributed by atoms with van der Waals surface area (Å²) < 4.78 is 16.1. The second kappa shape index (κ2) is 12.9. The highest BCUT2D eigenvalue weighted by Gasteiger charge is 2.13. The van der Waals surface area contributed by atoms with E-state index in [0.29, 0.717) is 12.5 Å². The van der Waals surface area contributed by atoms with Crippen molar-refractivity contribution >= 4 is 5.96 Å². The van der Waals surface area contributed by atoms with Gasteiger partial charge in [-0.2, -0.15) is 0 Å². The van der Waals surface area contributed by atoms with Gasteiger partial charge in [-0.1, -0.05) is 0 Å². The predicted molar refractivity (Wildman–Crippen MR) is 84.8 cm³/mol. The van der Waals surface area contributed by atoms with Crippen LogP contribution < -0.4 is 10.6 Å². The largest absolute Gasteiger partial charge is 0.383 e. The Morgan fingerprint density at radius 1 is 1.24 bits per heavy atom. The van der Waals surface area contributed by atoms with Crippen LogP contribution in [0.2, 0.25) is 0 Å². The highest BCUT2D eigenvalue weighted by atomic mass is 16.5. The molecular weight excluding hydrogens is 270 g/mol. The molecular formula is C15H31N3O3. The minimum atomic E-state index is 0.676. The van der Waals surface area contributed by atoms with Crippen molar-refractivity contribution in [2.24, 2.45) is 10.9 Å². The zero-order valence-electron chi connectivity index (χ0n) is 13.5. The number of ether oxygens (including phenoxy) is 3. The Bertz CT molecular complexity index is 269. The van der Waals surface area contributed by atoms with Gasteiger partial charge in [0.2, 0.25) is 0 Å². The Morgan fingerprint density at radius 2 is 2.05 bits per heavy atom. The summed E-state index contributed by atoms with van der Waals surface area (Å²) in [6.07, 6.45) is 3.21. The van der Waals surface area contributed by atoms with E-state index < -0.39 is 0 Å². The molecule has 1 fully saturated rings. The fourth-order valence-electron chi connectivity index (χ4n) is 2.13. The zero-order valence-corrected chi connectivity index (χ0v) is 13.5. The van der Waals surface area contributed by atoms with Crippen molar-refractivity contribution in [1.29, 1.82) is 0 Å². The maximum Gasteiger partial charge on any atom is 0.191 e. The van der Waals surface area contributed by atoms with Gasteiger partial charge in [-0.05, 0) is 32.1 Å². The first-order valence-corrected chi connectivity index (χ1v) is 8.03. The van der Waals surface area contributed by atoms with E-state index in [2.05, 4.69) is 22.5 Å². The van der Waals surface area contributed by atoms with Gasteiger partial charge in [-0.15, -0.1) is 0 Å². The molecule has 0 bridgehead atoms. The van der Waals surface area contributed by atoms with Gasteiger partial charge in [0.15, 0.2) is 5.96 Å². The van der Waals surface area contributed by atoms with Crippen molar-refractivity contribution < 1.29 is 14.2 Å². The van der Waals surface area contributed by atoms with Crippen molar-refractivity contribution in [3.63, 3.8) is 0 Å². The molecule has 1 aliphatic heterocycles. The van der Waals surface area contributed by atoms with Crippen molar-refractivity contribution in [2.75, 3.05) is 59.8 Å². The number of hydrogen-bond acceptors (Lipinski definition) is 4. The maximum atomic E-state index is 5.73. The van der Waals surface area contributed by atoms with Gasteiger partial charge < -0.3 is 24.8 Å². The van der Waals surface area contributed by atoms with E-state index in [1.807, 2.05) is 0 Å². The molecule has 124 valence electrons. The summed E-state index contributed by atoms with van der Waals surface area (Å²) in [4.78, 5) is 4.51. The average Bonchev–Trinajstić information content (AvgIpc) is 2.52. The van der Waals surface area contributed by atoms with Gasteiger partial charge in [0.05, 0.1) is 6.61 Å². The topological polar surface area (TPSA) is 64.1 Å². The molecule has 0 amide bonds. The summed E-state index contributed by atoms with van der Waals surface area (Å²) in [5, 5.41) is 6.44. The van der Waals surface area contributed by atoms with E-state index in [4.69, 9.17) is 14.2 Å². The lowest BCUT2D eigenvalue weighted by molar-refractivity contribution is 0.0205. The van der Waals surface area contributed by atoms with Crippen LogP contribution in [-0.2, 0) is 14.2 Å². The summed E-state index contributed by atoms with van der Waals surface area (Å²) in [5.74, 6) is 1.52. The van der Waals surface area contributed by atoms with Crippen LogP contribution in [0.3, 0.4) is 0 Å². The zero-order chi connectivity index (χ0) is 15.2. The molecule has 0 aromatic rings. The summed E-state index contributed by atoms with van der Waals surface area (Å²) in [6.45, 7) is 8.55. The van der Waals surface area contributed by atoms with Gasteiger partial charge >= 0.3 is 0 Å². The SMILES string of the molecule is CCNC(=NCCCOCC1CCOCC1)NCCOC. The molecule has 6 nitrogen and oxygen atoms in total. The first-order valence-electron chi connectivity index (χ1n) is 8.03. The number of rotatable bonds is 10. The Labute approximate surface area is 128 Å². The van der Waals surface area contributed by atoms with E-state index in [1.165, 1.54) is 0 Å². The Kier molecular flexibility index (Phi) is 11.1. The fourth-order valence-corrected chi connectivity index (χ4v) is 2.13. The van der Waals surface area contributed by atoms with Gasteiger partial charge in [-0.3, -0.25) is 4.99 Å². The third-order valence-corrected chi connectivity index (χ3v) is 3.35. The van der Waals surface area contributed by atoms with Gasteiger partial charge in [0, 0.05) is 53.2 Å². The Morgan fingerprint density at radius 3 is 2.76 bits per heavy atom. The van der Waals surface area contributed by atoms with Crippen LogP contribution in [-0.4, -0.2) is 65.7 Å². The quantitative estimate of drug-likeness (QED) is 0.358. The molecule has 0 atom stereocenters. The van der Waals surface area contributed by atoms with Gasteiger partial charge in [-0.25, -0.2) is 0 Å². The lowest BCUT2D eigenvalue weighted by atomic mass is 10.0. The highest BCUT2D eigenvalue weighted by Crippen LogP contribution is 2.14. The molecule has 2 N–H and O–H groups in total. The molecule has 0 aromatic carbocycles. The molecule has 0 unspecified atom stereocenters. The number of methoxy groups -OCH3 is 1. The molecule has 6 heteroatoms. The van der Waals surface area contributed by atoms with Crippen LogP contribution in [0, 0.1) is 5.92 Å². The number of nitrogens with zero attached hydrogens (tertiary/aromatic N) is 1. The highest BCUT2D eigenvalue weighted by molar-refractivity contribution is 5.79. The monoisotopic (exact) mass is 301 g/mol. The van der Waals surface area contributed by atoms with E-state index >= 15 is 0 Å². The number of guanidine groups is 1. The molecule has 1 saturated heterocycles. The number of aliphatic imine (C=N–C) groups is 1. The molecule has 0 radical (unpaired) electrons. The predicted octanol–water partition coefficient (Wildman–Crippen LogP) is 1.02. The Balaban J connectivity index is 2.03. The van der Waals surface area contributed by atoms with Crippen LogP contribution in [0.4, 0.5) is 0 Å². The minimum absolute atomic E-state index is 0.676. The molecule has 0 saturated carbocycles. The lowest BCUT2D eigenvalue weighted by Crippen LogP contribution is -2.39. The van der Waals surface area contributed by atoms with E-state index in [0.717, 1.165) is 71.3 Å². The van der Waals surface area contributed by atoms with Crippen LogP contribution in [0.15, 0.2) is 4.99 Å². The standard InChI is InChI=1S/C15H31N3O3/c1-3-16-15(18-8-12-19-2)17-7-4-9-21-13-14-5-10-20-11-6-14/h14H,3-13H2,1-2H3,(H2,16,17,18). The molecule has 1 aliphatic rings. The third kappa shape index (κ3) is 9.66. The normalized spacial score (nSPS) is 17.0. The van der Waals surface area contributed by atoms with Crippen molar-refractivity contribution in [2.45, 2.75) is 26.2 Å². The second-order valence-corrected chi connectivity index (χ2v) is 5.16. The van der Waals surface area contributed by atoms with Crippen LogP contribution in [0.5, 0.6) is 0 Å². The van der Waals surface area contributed by atoms with Crippen LogP contribution in [0.25, 0.3) is 0 Å². The summed E-state index contributed by atoms with van der Waals surface area (Å²) in [6, 6.07) is 0. The molecule has 0 aromatic heterocycles. The lowest BCUT2D eigenvalue weighted by Gasteiger charge is -2.21. The smallest absolute Gasteiger partial charge is 0.191 e. The average molecular weight is 301 g/mol. The van der Waals surface area contributed by atoms with E-state index in [-0.39, 0.29) is 0 Å². The van der Waals surface area contributed by atoms with Gasteiger partial charge in [0.1, 0.15) is 0 Å². The Hall–Kier alpha value is -0.850. The van der Waals surface area contributed by atoms with Crippen LogP contribution >= 0.6 is 0 Å². The molecule has 21 heavy (non-hydrogen) atoms. The molecule has 1 heterocycles.